The van der Waals surface area contributed by atoms with Crippen molar-refractivity contribution in [1.82, 2.24) is 10.3 Å². The molecule has 0 aliphatic heterocycles. The molecule has 0 saturated carbocycles. The lowest BCUT2D eigenvalue weighted by Crippen LogP contribution is -2.24. The Balaban J connectivity index is 1.79. The van der Waals surface area contributed by atoms with Crippen molar-refractivity contribution in [2.45, 2.75) is 19.2 Å². The van der Waals surface area contributed by atoms with E-state index >= 15 is 0 Å². The minimum Gasteiger partial charge on any atom is -0.445 e. The molecule has 0 bridgehead atoms. The maximum Gasteiger partial charge on any atom is 0.417 e. The molecule has 3 N–H and O–H groups in total. The third kappa shape index (κ3) is 6.02. The Labute approximate surface area is 148 Å². The molecule has 0 fully saturated rings. The van der Waals surface area contributed by atoms with Crippen LogP contribution in [-0.4, -0.2) is 17.6 Å². The molecule has 0 aliphatic rings. The minimum atomic E-state index is -4.51. The van der Waals surface area contributed by atoms with E-state index in [1.807, 2.05) is 30.3 Å². The number of nitrogen functional groups attached to an aromatic ring is 1. The first kappa shape index (κ1) is 19.1. The van der Waals surface area contributed by atoms with Crippen molar-refractivity contribution >= 4 is 11.9 Å². The van der Waals surface area contributed by atoms with Crippen LogP contribution in [0.25, 0.3) is 0 Å². The molecule has 0 unspecified atom stereocenters. The smallest absolute Gasteiger partial charge is 0.417 e. The molecule has 0 atom stereocenters. The normalized spacial score (nSPS) is 10.6. The number of hydrogen-bond donors (Lipinski definition) is 2. The number of pyridine rings is 1. The molecule has 8 heteroatoms. The average molecular weight is 363 g/mol. The topological polar surface area (TPSA) is 77.2 Å². The van der Waals surface area contributed by atoms with Gasteiger partial charge in [-0.1, -0.05) is 42.2 Å². The average Bonchev–Trinajstić information content (AvgIpc) is 2.61. The lowest BCUT2D eigenvalue weighted by molar-refractivity contribution is -0.137. The first-order valence-electron chi connectivity index (χ1n) is 7.62. The van der Waals surface area contributed by atoms with Gasteiger partial charge in [-0.3, -0.25) is 0 Å². The summed E-state index contributed by atoms with van der Waals surface area (Å²) in [5.74, 6) is 5.09. The van der Waals surface area contributed by atoms with Crippen LogP contribution < -0.4 is 11.1 Å². The molecule has 0 aliphatic carbocycles. The summed E-state index contributed by atoms with van der Waals surface area (Å²) in [6, 6.07) is 10.0. The Bertz CT molecular complexity index is 812. The molecular weight excluding hydrogens is 347 g/mol. The van der Waals surface area contributed by atoms with E-state index in [1.165, 1.54) is 0 Å². The fraction of sp³-hybridized carbons (Fsp3) is 0.222. The number of hydrogen-bond acceptors (Lipinski definition) is 4. The van der Waals surface area contributed by atoms with Crippen molar-refractivity contribution in [1.29, 1.82) is 0 Å². The van der Waals surface area contributed by atoms with Gasteiger partial charge in [-0.2, -0.15) is 13.2 Å². The molecule has 5 nitrogen and oxygen atoms in total. The van der Waals surface area contributed by atoms with E-state index in [0.29, 0.717) is 6.20 Å². The van der Waals surface area contributed by atoms with Crippen LogP contribution in [0.4, 0.5) is 23.8 Å². The summed E-state index contributed by atoms with van der Waals surface area (Å²) in [6.07, 6.45) is -4.24. The molecular formula is C18H16F3N3O2. The summed E-state index contributed by atoms with van der Waals surface area (Å²) < 4.78 is 42.9. The van der Waals surface area contributed by atoms with Gasteiger partial charge in [0.1, 0.15) is 12.4 Å². The van der Waals surface area contributed by atoms with Gasteiger partial charge in [0.2, 0.25) is 0 Å². The quantitative estimate of drug-likeness (QED) is 0.645. The van der Waals surface area contributed by atoms with Crippen molar-refractivity contribution in [2.75, 3.05) is 12.3 Å². The lowest BCUT2D eigenvalue weighted by atomic mass is 10.2. The zero-order chi connectivity index (χ0) is 19.0. The van der Waals surface area contributed by atoms with Crippen molar-refractivity contribution in [3.05, 3.63) is 59.3 Å². The number of aromatic nitrogens is 1. The Kier molecular flexibility index (Phi) is 6.44. The fourth-order valence-electron chi connectivity index (χ4n) is 1.89. The number of nitrogens with zero attached hydrogens (tertiary/aromatic N) is 1. The van der Waals surface area contributed by atoms with E-state index in [0.717, 1.165) is 11.6 Å². The zero-order valence-corrected chi connectivity index (χ0v) is 13.6. The molecule has 1 heterocycles. The maximum atomic E-state index is 12.6. The summed E-state index contributed by atoms with van der Waals surface area (Å²) in [7, 11) is 0. The maximum absolute atomic E-state index is 12.6. The van der Waals surface area contributed by atoms with Gasteiger partial charge in [-0.15, -0.1) is 0 Å². The number of carbonyl (C=O) groups excluding carboxylic acids is 1. The first-order valence-corrected chi connectivity index (χ1v) is 7.62. The monoisotopic (exact) mass is 363 g/mol. The number of anilines is 1. The molecule has 2 aromatic rings. The van der Waals surface area contributed by atoms with Gasteiger partial charge in [0, 0.05) is 19.2 Å². The number of nitrogens with one attached hydrogen (secondary N) is 1. The van der Waals surface area contributed by atoms with Crippen LogP contribution in [0, 0.1) is 11.8 Å². The second-order valence-corrected chi connectivity index (χ2v) is 5.19. The van der Waals surface area contributed by atoms with Crippen LogP contribution >= 0.6 is 0 Å². The predicted molar refractivity (Wildman–Crippen MR) is 89.8 cm³/mol. The van der Waals surface area contributed by atoms with E-state index in [1.54, 1.807) is 0 Å². The highest BCUT2D eigenvalue weighted by molar-refractivity contribution is 5.67. The van der Waals surface area contributed by atoms with E-state index in [4.69, 9.17) is 10.5 Å². The molecule has 1 amide bonds. The van der Waals surface area contributed by atoms with Gasteiger partial charge in [0.05, 0.1) is 11.1 Å². The largest absolute Gasteiger partial charge is 0.445 e. The van der Waals surface area contributed by atoms with Gasteiger partial charge in [0.25, 0.3) is 0 Å². The van der Waals surface area contributed by atoms with Gasteiger partial charge in [-0.25, -0.2) is 9.78 Å². The fourth-order valence-corrected chi connectivity index (χ4v) is 1.89. The number of amides is 1. The number of nitrogens with two attached hydrogens (primary N) is 1. The zero-order valence-electron chi connectivity index (χ0n) is 13.6. The van der Waals surface area contributed by atoms with Crippen LogP contribution in [-0.2, 0) is 17.5 Å². The van der Waals surface area contributed by atoms with E-state index < -0.39 is 17.8 Å². The van der Waals surface area contributed by atoms with Crippen LogP contribution in [0.1, 0.15) is 23.1 Å². The van der Waals surface area contributed by atoms with Crippen LogP contribution in [0.5, 0.6) is 0 Å². The number of ether oxygens (including phenoxy) is 1. The SMILES string of the molecule is Nc1ncc(C(F)(F)F)cc1C#CCCNC(=O)OCc1ccccc1. The van der Waals surface area contributed by atoms with E-state index in [9.17, 15) is 18.0 Å². The number of carbonyl (C=O) groups is 1. The summed E-state index contributed by atoms with van der Waals surface area (Å²) in [5.41, 5.74) is 5.45. The van der Waals surface area contributed by atoms with Gasteiger partial charge < -0.3 is 15.8 Å². The highest BCUT2D eigenvalue weighted by atomic mass is 19.4. The molecule has 1 aromatic carbocycles. The lowest BCUT2D eigenvalue weighted by Gasteiger charge is -2.07. The summed E-state index contributed by atoms with van der Waals surface area (Å²) in [4.78, 5) is 15.0. The molecule has 0 radical (unpaired) electrons. The van der Waals surface area contributed by atoms with E-state index in [-0.39, 0.29) is 31.0 Å². The number of benzene rings is 1. The summed E-state index contributed by atoms with van der Waals surface area (Å²) in [6.45, 7) is 0.331. The third-order valence-electron chi connectivity index (χ3n) is 3.20. The first-order chi connectivity index (χ1) is 12.4. The summed E-state index contributed by atoms with van der Waals surface area (Å²) in [5, 5.41) is 2.50. The van der Waals surface area contributed by atoms with Crippen LogP contribution in [0.3, 0.4) is 0 Å². The molecule has 0 saturated heterocycles. The molecule has 2 rings (SSSR count). The van der Waals surface area contributed by atoms with Crippen LogP contribution in [0.15, 0.2) is 42.6 Å². The Hall–Kier alpha value is -3.21. The summed E-state index contributed by atoms with van der Waals surface area (Å²) >= 11 is 0. The molecule has 1 aromatic heterocycles. The Morgan fingerprint density at radius 1 is 1.27 bits per heavy atom. The molecule has 136 valence electrons. The van der Waals surface area contributed by atoms with Crippen molar-refractivity contribution < 1.29 is 22.7 Å². The van der Waals surface area contributed by atoms with Crippen molar-refractivity contribution in [3.63, 3.8) is 0 Å². The molecule has 26 heavy (non-hydrogen) atoms. The highest BCUT2D eigenvalue weighted by Crippen LogP contribution is 2.29. The van der Waals surface area contributed by atoms with Crippen molar-refractivity contribution in [3.8, 4) is 11.8 Å². The third-order valence-corrected chi connectivity index (χ3v) is 3.20. The standard InChI is InChI=1S/C18H16F3N3O2/c19-18(20,21)15-10-14(16(22)24-11-15)8-4-5-9-23-17(25)26-12-13-6-2-1-3-7-13/h1-3,6-7,10-11H,5,9,12H2,(H2,22,24)(H,23,25). The predicted octanol–water partition coefficient (Wildman–Crippen LogP) is 3.35. The molecule has 0 spiro atoms. The van der Waals surface area contributed by atoms with Crippen LogP contribution in [0.2, 0.25) is 0 Å². The van der Waals surface area contributed by atoms with E-state index in [2.05, 4.69) is 22.1 Å². The highest BCUT2D eigenvalue weighted by Gasteiger charge is 2.31. The second-order valence-electron chi connectivity index (χ2n) is 5.19. The van der Waals surface area contributed by atoms with Gasteiger partial charge in [-0.05, 0) is 11.6 Å². The Morgan fingerprint density at radius 3 is 2.69 bits per heavy atom. The number of alkyl halides is 3. The number of rotatable bonds is 4. The van der Waals surface area contributed by atoms with Gasteiger partial charge >= 0.3 is 12.3 Å². The number of alkyl carbamates (subject to hydrolysis) is 1. The van der Waals surface area contributed by atoms with Gasteiger partial charge in [0.15, 0.2) is 0 Å². The number of halogens is 3. The minimum absolute atomic E-state index is 0.00789. The second kappa shape index (κ2) is 8.76. The Morgan fingerprint density at radius 2 is 2.00 bits per heavy atom. The van der Waals surface area contributed by atoms with Crippen molar-refractivity contribution in [2.24, 2.45) is 0 Å².